The van der Waals surface area contributed by atoms with Crippen molar-refractivity contribution in [2.75, 3.05) is 20.3 Å². The number of ether oxygens (including phenoxy) is 3. The van der Waals surface area contributed by atoms with Crippen LogP contribution in [0.25, 0.3) is 0 Å². The van der Waals surface area contributed by atoms with Crippen LogP contribution >= 0.6 is 0 Å². The van der Waals surface area contributed by atoms with Crippen LogP contribution in [0.3, 0.4) is 0 Å². The molecule has 0 bridgehead atoms. The van der Waals surface area contributed by atoms with E-state index in [9.17, 15) is 4.79 Å². The van der Waals surface area contributed by atoms with E-state index in [0.717, 1.165) is 37.7 Å². The maximum atomic E-state index is 11.2. The van der Waals surface area contributed by atoms with Gasteiger partial charge in [0, 0.05) is 12.5 Å². The van der Waals surface area contributed by atoms with Gasteiger partial charge in [0.2, 0.25) is 0 Å². The zero-order valence-corrected chi connectivity index (χ0v) is 12.8. The largest absolute Gasteiger partial charge is 0.466 e. The summed E-state index contributed by atoms with van der Waals surface area (Å²) < 4.78 is 15.5. The van der Waals surface area contributed by atoms with Crippen LogP contribution in [0.2, 0.25) is 0 Å². The van der Waals surface area contributed by atoms with Gasteiger partial charge >= 0.3 is 5.97 Å². The second-order valence-corrected chi connectivity index (χ2v) is 4.98. The van der Waals surface area contributed by atoms with Crippen LogP contribution in [0.1, 0.15) is 46.0 Å². The first-order valence-electron chi connectivity index (χ1n) is 7.32. The molecule has 114 valence electrons. The molecule has 1 saturated heterocycles. The van der Waals surface area contributed by atoms with E-state index in [4.69, 9.17) is 9.47 Å². The summed E-state index contributed by atoms with van der Waals surface area (Å²) >= 11 is 0. The van der Waals surface area contributed by atoms with E-state index in [1.165, 1.54) is 12.7 Å². The third-order valence-electron chi connectivity index (χ3n) is 3.40. The van der Waals surface area contributed by atoms with Crippen LogP contribution in [0.5, 0.6) is 0 Å². The summed E-state index contributed by atoms with van der Waals surface area (Å²) in [4.78, 5) is 11.2. The van der Waals surface area contributed by atoms with Crippen LogP contribution in [0.15, 0.2) is 23.3 Å². The quantitative estimate of drug-likeness (QED) is 0.389. The van der Waals surface area contributed by atoms with Crippen molar-refractivity contribution < 1.29 is 19.0 Å². The normalized spacial score (nSPS) is 17.6. The molecule has 0 atom stereocenters. The zero-order chi connectivity index (χ0) is 14.8. The molecular formula is C16H26O4. The van der Waals surface area contributed by atoms with Crippen molar-refractivity contribution in [2.45, 2.75) is 52.2 Å². The summed E-state index contributed by atoms with van der Waals surface area (Å²) in [5, 5.41) is 0. The Morgan fingerprint density at radius 3 is 2.60 bits per heavy atom. The molecular weight excluding hydrogens is 256 g/mol. The van der Waals surface area contributed by atoms with Crippen molar-refractivity contribution in [3.63, 3.8) is 0 Å². The molecule has 0 aromatic heterocycles. The van der Waals surface area contributed by atoms with Gasteiger partial charge in [0.25, 0.3) is 0 Å². The number of carbonyl (C=O) groups is 1. The predicted octanol–water partition coefficient (Wildman–Crippen LogP) is 3.38. The molecule has 4 heteroatoms. The lowest BCUT2D eigenvalue weighted by Crippen LogP contribution is -2.06. The lowest BCUT2D eigenvalue weighted by atomic mass is 10.0. The maximum Gasteiger partial charge on any atom is 0.330 e. The summed E-state index contributed by atoms with van der Waals surface area (Å²) in [5.41, 5.74) is 2.47. The van der Waals surface area contributed by atoms with Gasteiger partial charge in [0.15, 0.2) is 6.29 Å². The van der Waals surface area contributed by atoms with E-state index >= 15 is 0 Å². The molecule has 1 fully saturated rings. The monoisotopic (exact) mass is 282 g/mol. The summed E-state index contributed by atoms with van der Waals surface area (Å²) in [6, 6.07) is 0. The van der Waals surface area contributed by atoms with Gasteiger partial charge in [0.05, 0.1) is 20.3 Å². The number of rotatable bonds is 8. The van der Waals surface area contributed by atoms with Crippen LogP contribution in [-0.4, -0.2) is 32.6 Å². The molecule has 0 spiro atoms. The van der Waals surface area contributed by atoms with Gasteiger partial charge in [-0.25, -0.2) is 4.79 Å². The summed E-state index contributed by atoms with van der Waals surface area (Å²) in [5.74, 6) is -0.266. The Hall–Kier alpha value is -1.13. The standard InChI is InChI=1S/C16H26O4/c1-4-14(12-15(17)18-3)7-5-6-13(2)8-9-16-19-10-11-20-16/h6,12,16H,4-5,7-11H2,1-3H3/b13-6-,14-12-. The Bertz CT molecular complexity index is 351. The molecule has 4 nitrogen and oxygen atoms in total. The van der Waals surface area contributed by atoms with Gasteiger partial charge in [-0.3, -0.25) is 0 Å². The maximum absolute atomic E-state index is 11.2. The molecule has 20 heavy (non-hydrogen) atoms. The average molecular weight is 282 g/mol. The second kappa shape index (κ2) is 9.72. The molecule has 0 amide bonds. The third-order valence-corrected chi connectivity index (χ3v) is 3.40. The molecule has 0 saturated carbocycles. The highest BCUT2D eigenvalue weighted by atomic mass is 16.7. The minimum atomic E-state index is -0.266. The highest BCUT2D eigenvalue weighted by Crippen LogP contribution is 2.16. The number of methoxy groups -OCH3 is 1. The molecule has 0 aromatic carbocycles. The highest BCUT2D eigenvalue weighted by molar-refractivity contribution is 5.82. The topological polar surface area (TPSA) is 44.8 Å². The molecule has 1 heterocycles. The molecule has 0 unspecified atom stereocenters. The van der Waals surface area contributed by atoms with Crippen molar-refractivity contribution in [1.29, 1.82) is 0 Å². The van der Waals surface area contributed by atoms with Crippen molar-refractivity contribution in [1.82, 2.24) is 0 Å². The molecule has 1 rings (SSSR count). The summed E-state index contributed by atoms with van der Waals surface area (Å²) in [6.45, 7) is 5.61. The Labute approximate surface area is 121 Å². The van der Waals surface area contributed by atoms with E-state index in [1.54, 1.807) is 6.08 Å². The second-order valence-electron chi connectivity index (χ2n) is 4.98. The molecule has 0 N–H and O–H groups in total. The van der Waals surface area contributed by atoms with E-state index in [0.29, 0.717) is 13.2 Å². The van der Waals surface area contributed by atoms with E-state index in [2.05, 4.69) is 24.7 Å². The molecule has 1 aliphatic heterocycles. The third kappa shape index (κ3) is 6.87. The van der Waals surface area contributed by atoms with Gasteiger partial charge in [-0.1, -0.05) is 24.1 Å². The molecule has 0 aliphatic carbocycles. The summed E-state index contributed by atoms with van der Waals surface area (Å²) in [7, 11) is 1.41. The molecule has 1 aliphatic rings. The Morgan fingerprint density at radius 1 is 1.30 bits per heavy atom. The van der Waals surface area contributed by atoms with Crippen molar-refractivity contribution >= 4 is 5.97 Å². The Morgan fingerprint density at radius 2 is 2.00 bits per heavy atom. The number of allylic oxidation sites excluding steroid dienone is 3. The van der Waals surface area contributed by atoms with E-state index in [-0.39, 0.29) is 12.3 Å². The minimum Gasteiger partial charge on any atom is -0.466 e. The van der Waals surface area contributed by atoms with Crippen molar-refractivity contribution in [3.8, 4) is 0 Å². The smallest absolute Gasteiger partial charge is 0.330 e. The minimum absolute atomic E-state index is 0.0243. The molecule has 0 radical (unpaired) electrons. The lowest BCUT2D eigenvalue weighted by Gasteiger charge is -2.09. The predicted molar refractivity (Wildman–Crippen MR) is 78.3 cm³/mol. The fourth-order valence-corrected chi connectivity index (χ4v) is 2.10. The van der Waals surface area contributed by atoms with E-state index in [1.807, 2.05) is 0 Å². The SMILES string of the molecule is CC/C(=C/C(=O)OC)CC/C=C(/C)CCC1OCCO1. The number of carbonyl (C=O) groups excluding carboxylic acids is 1. The average Bonchev–Trinajstić information content (AvgIpc) is 2.97. The van der Waals surface area contributed by atoms with Gasteiger partial charge in [0.1, 0.15) is 0 Å². The van der Waals surface area contributed by atoms with Crippen LogP contribution in [0, 0.1) is 0 Å². The molecule has 0 aromatic rings. The number of hydrogen-bond acceptors (Lipinski definition) is 4. The number of hydrogen-bond donors (Lipinski definition) is 0. The first-order chi connectivity index (χ1) is 9.65. The fraction of sp³-hybridized carbons (Fsp3) is 0.688. The van der Waals surface area contributed by atoms with Crippen LogP contribution in [-0.2, 0) is 19.0 Å². The van der Waals surface area contributed by atoms with Gasteiger partial charge < -0.3 is 14.2 Å². The van der Waals surface area contributed by atoms with Crippen LogP contribution in [0.4, 0.5) is 0 Å². The lowest BCUT2D eigenvalue weighted by molar-refractivity contribution is -0.134. The van der Waals surface area contributed by atoms with Crippen LogP contribution < -0.4 is 0 Å². The Kier molecular flexibility index (Phi) is 8.23. The first kappa shape index (κ1) is 16.9. The van der Waals surface area contributed by atoms with Gasteiger partial charge in [-0.15, -0.1) is 0 Å². The summed E-state index contributed by atoms with van der Waals surface area (Å²) in [6.07, 6.45) is 8.45. The number of esters is 1. The fourth-order valence-electron chi connectivity index (χ4n) is 2.10. The van der Waals surface area contributed by atoms with Gasteiger partial charge in [-0.05, 0) is 32.6 Å². The first-order valence-corrected chi connectivity index (χ1v) is 7.32. The van der Waals surface area contributed by atoms with Crippen molar-refractivity contribution in [2.24, 2.45) is 0 Å². The zero-order valence-electron chi connectivity index (χ0n) is 12.8. The van der Waals surface area contributed by atoms with E-state index < -0.39 is 0 Å². The van der Waals surface area contributed by atoms with Crippen molar-refractivity contribution in [3.05, 3.63) is 23.3 Å². The van der Waals surface area contributed by atoms with Gasteiger partial charge in [-0.2, -0.15) is 0 Å². The Balaban J connectivity index is 2.26. The highest BCUT2D eigenvalue weighted by Gasteiger charge is 2.14.